The highest BCUT2D eigenvalue weighted by Crippen LogP contribution is 2.28. The summed E-state index contributed by atoms with van der Waals surface area (Å²) in [5.74, 6) is -0.0941. The number of hydrogen-bond acceptors (Lipinski definition) is 6. The molecule has 0 radical (unpaired) electrons. The minimum Gasteiger partial charge on any atom is -0.378 e. The summed E-state index contributed by atoms with van der Waals surface area (Å²) in [4.78, 5) is 34.4. The fourth-order valence-corrected chi connectivity index (χ4v) is 5.92. The molecule has 4 aromatic rings. The Kier molecular flexibility index (Phi) is 9.19. The minimum absolute atomic E-state index is 0.0797. The van der Waals surface area contributed by atoms with Crippen molar-refractivity contribution in [3.8, 4) is 0 Å². The summed E-state index contributed by atoms with van der Waals surface area (Å²) in [5, 5.41) is 3.81. The zero-order valence-electron chi connectivity index (χ0n) is 23.1. The Morgan fingerprint density at radius 1 is 1.00 bits per heavy atom. The van der Waals surface area contributed by atoms with E-state index in [2.05, 4.69) is 29.3 Å². The summed E-state index contributed by atoms with van der Waals surface area (Å²) >= 11 is 1.36. The Bertz CT molecular complexity index is 1500. The van der Waals surface area contributed by atoms with E-state index in [1.165, 1.54) is 17.3 Å². The number of aryl methyl sites for hydroxylation is 2. The van der Waals surface area contributed by atoms with Gasteiger partial charge in [0.15, 0.2) is 5.16 Å². The van der Waals surface area contributed by atoms with E-state index in [1.54, 1.807) is 4.57 Å². The summed E-state index contributed by atoms with van der Waals surface area (Å²) < 4.78 is 7.25. The van der Waals surface area contributed by atoms with Crippen LogP contribution >= 0.6 is 11.8 Å². The second-order valence-electron chi connectivity index (χ2n) is 9.94. The van der Waals surface area contributed by atoms with Crippen LogP contribution in [0.25, 0.3) is 10.9 Å². The molecule has 40 heavy (non-hydrogen) atoms. The van der Waals surface area contributed by atoms with Crippen molar-refractivity contribution in [1.82, 2.24) is 9.55 Å². The van der Waals surface area contributed by atoms with E-state index in [4.69, 9.17) is 9.72 Å². The molecule has 5 rings (SSSR count). The number of nitrogens with one attached hydrogen (secondary N) is 1. The van der Waals surface area contributed by atoms with E-state index in [0.29, 0.717) is 48.7 Å². The van der Waals surface area contributed by atoms with Gasteiger partial charge >= 0.3 is 0 Å². The zero-order chi connectivity index (χ0) is 27.9. The van der Waals surface area contributed by atoms with E-state index in [-0.39, 0.29) is 11.5 Å². The molecule has 2 heterocycles. The maximum Gasteiger partial charge on any atom is 0.262 e. The van der Waals surface area contributed by atoms with Crippen molar-refractivity contribution in [2.45, 2.75) is 50.1 Å². The lowest BCUT2D eigenvalue weighted by Gasteiger charge is -2.29. The van der Waals surface area contributed by atoms with Crippen molar-refractivity contribution < 1.29 is 9.53 Å². The summed E-state index contributed by atoms with van der Waals surface area (Å²) in [5.41, 5.74) is 4.70. The van der Waals surface area contributed by atoms with Crippen molar-refractivity contribution >= 4 is 39.9 Å². The summed E-state index contributed by atoms with van der Waals surface area (Å²) in [6, 6.07) is 23.9. The van der Waals surface area contributed by atoms with Gasteiger partial charge in [-0.25, -0.2) is 4.98 Å². The van der Waals surface area contributed by atoms with Crippen LogP contribution in [0.2, 0.25) is 0 Å². The second kappa shape index (κ2) is 13.2. The van der Waals surface area contributed by atoms with Gasteiger partial charge in [-0.05, 0) is 60.7 Å². The average Bonchev–Trinajstić information content (AvgIpc) is 3.00. The quantitative estimate of drug-likeness (QED) is 0.204. The largest absolute Gasteiger partial charge is 0.378 e. The van der Waals surface area contributed by atoms with E-state index < -0.39 is 5.25 Å². The normalized spacial score (nSPS) is 14.3. The number of fused-ring (bicyclic) bond motifs is 1. The van der Waals surface area contributed by atoms with Crippen molar-refractivity contribution in [2.24, 2.45) is 0 Å². The number of anilines is 2. The molecule has 8 heteroatoms. The molecule has 0 unspecified atom stereocenters. The predicted molar refractivity (Wildman–Crippen MR) is 164 cm³/mol. The first kappa shape index (κ1) is 27.9. The van der Waals surface area contributed by atoms with Crippen LogP contribution in [0.5, 0.6) is 0 Å². The Balaban J connectivity index is 1.46. The molecule has 1 atom stereocenters. The number of benzene rings is 3. The highest BCUT2D eigenvalue weighted by atomic mass is 32.2. The van der Waals surface area contributed by atoms with Gasteiger partial charge in [-0.2, -0.15) is 0 Å². The van der Waals surface area contributed by atoms with Gasteiger partial charge in [0, 0.05) is 31.0 Å². The molecule has 0 spiro atoms. The van der Waals surface area contributed by atoms with Gasteiger partial charge in [0.05, 0.1) is 29.4 Å². The van der Waals surface area contributed by atoms with Gasteiger partial charge in [-0.1, -0.05) is 68.1 Å². The highest BCUT2D eigenvalue weighted by Gasteiger charge is 2.23. The van der Waals surface area contributed by atoms with E-state index in [0.717, 1.165) is 36.4 Å². The van der Waals surface area contributed by atoms with Crippen molar-refractivity contribution in [3.05, 3.63) is 94.3 Å². The average molecular weight is 557 g/mol. The molecule has 1 N–H and O–H groups in total. The summed E-state index contributed by atoms with van der Waals surface area (Å²) in [6.07, 6.45) is 2.24. The molecule has 1 fully saturated rings. The Morgan fingerprint density at radius 3 is 2.45 bits per heavy atom. The maximum atomic E-state index is 14.0. The standard InChI is InChI=1S/C32H36N4O3S/c1-3-23-10-12-25(13-11-23)33-30(37)29(4-2)40-32-34-28-15-14-26(35-18-20-39-21-19-35)22-27(28)31(38)36(32)17-16-24-8-6-5-7-9-24/h5-15,22,29H,3-4,16-21H2,1-2H3,(H,33,37)/t29-/m0/s1. The molecule has 208 valence electrons. The molecular weight excluding hydrogens is 520 g/mol. The zero-order valence-corrected chi connectivity index (χ0v) is 24.0. The fraction of sp³-hybridized carbons (Fsp3) is 0.344. The fourth-order valence-electron chi connectivity index (χ4n) is 4.88. The molecule has 1 aliphatic heterocycles. The lowest BCUT2D eigenvalue weighted by Crippen LogP contribution is -2.36. The number of hydrogen-bond donors (Lipinski definition) is 1. The molecule has 1 aromatic heterocycles. The number of amides is 1. The number of thioether (sulfide) groups is 1. The lowest BCUT2D eigenvalue weighted by molar-refractivity contribution is -0.115. The number of nitrogens with zero attached hydrogens (tertiary/aromatic N) is 3. The smallest absolute Gasteiger partial charge is 0.262 e. The topological polar surface area (TPSA) is 76.5 Å². The minimum atomic E-state index is -0.397. The molecule has 0 aliphatic carbocycles. The molecule has 1 saturated heterocycles. The van der Waals surface area contributed by atoms with Crippen LogP contribution in [-0.4, -0.2) is 47.0 Å². The molecular formula is C32H36N4O3S. The third-order valence-electron chi connectivity index (χ3n) is 7.29. The van der Waals surface area contributed by atoms with E-state index in [9.17, 15) is 9.59 Å². The van der Waals surface area contributed by atoms with Crippen LogP contribution in [0, 0.1) is 0 Å². The number of ether oxygens (including phenoxy) is 1. The van der Waals surface area contributed by atoms with Crippen LogP contribution in [0.3, 0.4) is 0 Å². The van der Waals surface area contributed by atoms with Crippen molar-refractivity contribution in [3.63, 3.8) is 0 Å². The first-order chi connectivity index (χ1) is 19.6. The maximum absolute atomic E-state index is 14.0. The molecule has 1 amide bonds. The Hall–Kier alpha value is -3.62. The van der Waals surface area contributed by atoms with Crippen LogP contribution in [0.4, 0.5) is 11.4 Å². The third-order valence-corrected chi connectivity index (χ3v) is 8.64. The lowest BCUT2D eigenvalue weighted by atomic mass is 10.1. The van der Waals surface area contributed by atoms with Crippen molar-refractivity contribution in [2.75, 3.05) is 36.5 Å². The molecule has 7 nitrogen and oxygen atoms in total. The number of morpholine rings is 1. The van der Waals surface area contributed by atoms with Gasteiger partial charge in [0.2, 0.25) is 5.91 Å². The number of carbonyl (C=O) groups excluding carboxylic acids is 1. The predicted octanol–water partition coefficient (Wildman–Crippen LogP) is 5.55. The number of rotatable bonds is 10. The van der Waals surface area contributed by atoms with E-state index in [1.807, 2.05) is 67.6 Å². The third kappa shape index (κ3) is 6.57. The monoisotopic (exact) mass is 556 g/mol. The molecule has 3 aromatic carbocycles. The van der Waals surface area contributed by atoms with Crippen LogP contribution in [-0.2, 0) is 28.9 Å². The Morgan fingerprint density at radius 2 is 1.75 bits per heavy atom. The van der Waals surface area contributed by atoms with Gasteiger partial charge < -0.3 is 15.0 Å². The highest BCUT2D eigenvalue weighted by molar-refractivity contribution is 8.00. The van der Waals surface area contributed by atoms with Crippen LogP contribution in [0.1, 0.15) is 31.4 Å². The number of carbonyl (C=O) groups is 1. The van der Waals surface area contributed by atoms with Crippen molar-refractivity contribution in [1.29, 1.82) is 0 Å². The summed E-state index contributed by atoms with van der Waals surface area (Å²) in [6.45, 7) is 7.51. The molecule has 1 aliphatic rings. The number of aromatic nitrogens is 2. The SMILES string of the molecule is CCc1ccc(NC(=O)[C@H](CC)Sc2nc3ccc(N4CCOCC4)cc3c(=O)n2CCc2ccccc2)cc1. The van der Waals surface area contributed by atoms with Crippen LogP contribution < -0.4 is 15.8 Å². The van der Waals surface area contributed by atoms with Crippen LogP contribution in [0.15, 0.2) is 82.7 Å². The first-order valence-corrected chi connectivity index (χ1v) is 14.9. The van der Waals surface area contributed by atoms with Gasteiger partial charge in [-0.15, -0.1) is 0 Å². The van der Waals surface area contributed by atoms with Gasteiger partial charge in [0.25, 0.3) is 5.56 Å². The first-order valence-electron chi connectivity index (χ1n) is 14.0. The second-order valence-corrected chi connectivity index (χ2v) is 11.1. The molecule has 0 saturated carbocycles. The van der Waals surface area contributed by atoms with Gasteiger partial charge in [-0.3, -0.25) is 14.2 Å². The van der Waals surface area contributed by atoms with Gasteiger partial charge in [0.1, 0.15) is 0 Å². The summed E-state index contributed by atoms with van der Waals surface area (Å²) in [7, 11) is 0. The van der Waals surface area contributed by atoms with E-state index >= 15 is 0 Å². The Labute approximate surface area is 239 Å². The molecule has 0 bridgehead atoms.